The molecular formula is C15H6F9. The lowest BCUT2D eigenvalue weighted by atomic mass is 9.92. The Bertz CT molecular complexity index is 704. The van der Waals surface area contributed by atoms with Gasteiger partial charge in [-0.2, -0.15) is 39.5 Å². The van der Waals surface area contributed by atoms with Gasteiger partial charge < -0.3 is 0 Å². The number of rotatable bonds is 1. The molecule has 0 nitrogen and oxygen atoms in total. The van der Waals surface area contributed by atoms with Crippen molar-refractivity contribution in [1.82, 2.24) is 0 Å². The normalized spacial score (nSPS) is 13.2. The maximum Gasteiger partial charge on any atom is 0.417 e. The minimum atomic E-state index is -5.19. The first kappa shape index (κ1) is 18.2. The van der Waals surface area contributed by atoms with E-state index in [4.69, 9.17) is 0 Å². The highest BCUT2D eigenvalue weighted by Gasteiger charge is 2.41. The lowest BCUT2D eigenvalue weighted by Gasteiger charge is -2.19. The molecule has 0 aromatic heterocycles. The highest BCUT2D eigenvalue weighted by atomic mass is 19.4. The van der Waals surface area contributed by atoms with Gasteiger partial charge in [-0.1, -0.05) is 12.1 Å². The van der Waals surface area contributed by atoms with Crippen LogP contribution in [0, 0.1) is 6.07 Å². The minimum Gasteiger partial charge on any atom is -0.166 e. The molecule has 1 radical (unpaired) electrons. The van der Waals surface area contributed by atoms with Crippen molar-refractivity contribution in [2.75, 3.05) is 0 Å². The lowest BCUT2D eigenvalue weighted by molar-refractivity contribution is -0.142. The van der Waals surface area contributed by atoms with Crippen LogP contribution in [0.3, 0.4) is 0 Å². The number of hydrogen-bond acceptors (Lipinski definition) is 0. The van der Waals surface area contributed by atoms with E-state index < -0.39 is 46.3 Å². The maximum atomic E-state index is 13.0. The average Bonchev–Trinajstić information content (AvgIpc) is 2.44. The topological polar surface area (TPSA) is 0 Å². The van der Waals surface area contributed by atoms with Gasteiger partial charge in [0.2, 0.25) is 0 Å². The van der Waals surface area contributed by atoms with Gasteiger partial charge in [-0.25, -0.2) is 0 Å². The van der Waals surface area contributed by atoms with E-state index in [1.807, 2.05) is 0 Å². The van der Waals surface area contributed by atoms with Crippen LogP contribution in [-0.2, 0) is 18.5 Å². The molecule has 0 aliphatic heterocycles. The Kier molecular flexibility index (Phi) is 4.32. The van der Waals surface area contributed by atoms with Crippen molar-refractivity contribution in [2.24, 2.45) is 0 Å². The third-order valence-electron chi connectivity index (χ3n) is 3.08. The first-order valence-electron chi connectivity index (χ1n) is 6.18. The summed E-state index contributed by atoms with van der Waals surface area (Å²) in [7, 11) is 0. The molecule has 0 N–H and O–H groups in total. The first-order valence-corrected chi connectivity index (χ1v) is 6.18. The molecule has 0 fully saturated rings. The summed E-state index contributed by atoms with van der Waals surface area (Å²) < 4.78 is 116. The van der Waals surface area contributed by atoms with Crippen LogP contribution in [0.2, 0.25) is 0 Å². The third kappa shape index (κ3) is 3.65. The SMILES string of the molecule is FC(F)(F)c1cccc(-c2c(C(F)(F)F)c[c]cc2C(F)(F)F)c1. The molecule has 0 aliphatic carbocycles. The van der Waals surface area contributed by atoms with Crippen LogP contribution in [0.5, 0.6) is 0 Å². The molecule has 0 aliphatic rings. The molecule has 0 amide bonds. The summed E-state index contributed by atoms with van der Waals surface area (Å²) in [6, 6.07) is 4.58. The molecule has 0 atom stereocenters. The number of benzene rings is 2. The van der Waals surface area contributed by atoms with Crippen LogP contribution in [0.4, 0.5) is 39.5 Å². The zero-order valence-electron chi connectivity index (χ0n) is 11.4. The standard InChI is InChI=1S/C15H6F9/c16-13(17,18)9-4-1-3-8(7-9)12-10(14(19,20)21)5-2-6-11(12)15(22,23)24/h1,3-7H. The summed E-state index contributed by atoms with van der Waals surface area (Å²) in [6.07, 6.45) is -15.3. The van der Waals surface area contributed by atoms with Crippen molar-refractivity contribution < 1.29 is 39.5 Å². The monoisotopic (exact) mass is 357 g/mol. The predicted molar refractivity (Wildman–Crippen MR) is 65.7 cm³/mol. The number of alkyl halides is 9. The molecule has 2 rings (SSSR count). The Hall–Kier alpha value is -2.19. The molecular weight excluding hydrogens is 351 g/mol. The largest absolute Gasteiger partial charge is 0.417 e. The predicted octanol–water partition coefficient (Wildman–Crippen LogP) is 6.21. The number of hydrogen-bond donors (Lipinski definition) is 0. The highest BCUT2D eigenvalue weighted by Crippen LogP contribution is 2.45. The summed E-state index contributed by atoms with van der Waals surface area (Å²) in [5.74, 6) is 0. The van der Waals surface area contributed by atoms with E-state index in [2.05, 4.69) is 0 Å². The fourth-order valence-electron chi connectivity index (χ4n) is 2.11. The molecule has 2 aromatic carbocycles. The lowest BCUT2D eigenvalue weighted by Crippen LogP contribution is -2.14. The van der Waals surface area contributed by atoms with Crippen molar-refractivity contribution >= 4 is 0 Å². The molecule has 129 valence electrons. The summed E-state index contributed by atoms with van der Waals surface area (Å²) in [4.78, 5) is 0. The van der Waals surface area contributed by atoms with Crippen molar-refractivity contribution in [3.05, 3.63) is 59.2 Å². The van der Waals surface area contributed by atoms with E-state index >= 15 is 0 Å². The van der Waals surface area contributed by atoms with Crippen LogP contribution in [0.15, 0.2) is 36.4 Å². The molecule has 0 saturated carbocycles. The van der Waals surface area contributed by atoms with E-state index in [0.717, 1.165) is 12.1 Å². The Labute approximate surface area is 129 Å². The molecule has 0 unspecified atom stereocenters. The van der Waals surface area contributed by atoms with Crippen LogP contribution >= 0.6 is 0 Å². The zero-order valence-corrected chi connectivity index (χ0v) is 11.4. The van der Waals surface area contributed by atoms with Gasteiger partial charge in [0.1, 0.15) is 0 Å². The second-order valence-electron chi connectivity index (χ2n) is 4.73. The van der Waals surface area contributed by atoms with Gasteiger partial charge in [0.05, 0.1) is 16.7 Å². The van der Waals surface area contributed by atoms with Crippen LogP contribution < -0.4 is 0 Å². The van der Waals surface area contributed by atoms with E-state index in [9.17, 15) is 39.5 Å². The molecule has 24 heavy (non-hydrogen) atoms. The van der Waals surface area contributed by atoms with E-state index in [0.29, 0.717) is 6.07 Å². The Morgan fingerprint density at radius 1 is 0.667 bits per heavy atom. The highest BCUT2D eigenvalue weighted by molar-refractivity contribution is 5.73. The smallest absolute Gasteiger partial charge is 0.166 e. The molecule has 0 bridgehead atoms. The number of halogens is 9. The fourth-order valence-corrected chi connectivity index (χ4v) is 2.11. The van der Waals surface area contributed by atoms with E-state index in [1.165, 1.54) is 0 Å². The van der Waals surface area contributed by atoms with Crippen LogP contribution in [0.1, 0.15) is 16.7 Å². The maximum absolute atomic E-state index is 13.0. The Morgan fingerprint density at radius 2 is 1.17 bits per heavy atom. The molecule has 0 spiro atoms. The zero-order chi connectivity index (χ0) is 18.3. The van der Waals surface area contributed by atoms with Crippen LogP contribution in [0.25, 0.3) is 11.1 Å². The summed E-state index contributed by atoms with van der Waals surface area (Å²) in [5.41, 5.74) is -6.97. The minimum absolute atomic E-state index is 0.250. The van der Waals surface area contributed by atoms with E-state index in [1.54, 1.807) is 6.07 Å². The Morgan fingerprint density at radius 3 is 1.58 bits per heavy atom. The van der Waals surface area contributed by atoms with Crippen molar-refractivity contribution in [1.29, 1.82) is 0 Å². The van der Waals surface area contributed by atoms with Gasteiger partial charge in [-0.3, -0.25) is 0 Å². The molecule has 0 saturated heterocycles. The summed E-state index contributed by atoms with van der Waals surface area (Å²) >= 11 is 0. The van der Waals surface area contributed by atoms with Gasteiger partial charge in [-0.05, 0) is 35.9 Å². The van der Waals surface area contributed by atoms with Crippen molar-refractivity contribution in [2.45, 2.75) is 18.5 Å². The van der Waals surface area contributed by atoms with Crippen LogP contribution in [-0.4, -0.2) is 0 Å². The fraction of sp³-hybridized carbons (Fsp3) is 0.200. The quantitative estimate of drug-likeness (QED) is 0.532. The molecule has 0 heterocycles. The Balaban J connectivity index is 2.82. The van der Waals surface area contributed by atoms with Gasteiger partial charge >= 0.3 is 18.5 Å². The summed E-state index contributed by atoms with van der Waals surface area (Å²) in [6.45, 7) is 0. The first-order chi connectivity index (χ1) is 10.8. The second kappa shape index (κ2) is 5.71. The molecule has 2 aromatic rings. The van der Waals surface area contributed by atoms with Gasteiger partial charge in [0.25, 0.3) is 0 Å². The summed E-state index contributed by atoms with van der Waals surface area (Å²) in [5, 5.41) is 0. The van der Waals surface area contributed by atoms with E-state index in [-0.39, 0.29) is 18.2 Å². The van der Waals surface area contributed by atoms with Gasteiger partial charge in [0.15, 0.2) is 0 Å². The van der Waals surface area contributed by atoms with Gasteiger partial charge in [0, 0.05) is 5.56 Å². The average molecular weight is 357 g/mol. The van der Waals surface area contributed by atoms with Crippen molar-refractivity contribution in [3.63, 3.8) is 0 Å². The van der Waals surface area contributed by atoms with Crippen molar-refractivity contribution in [3.8, 4) is 11.1 Å². The third-order valence-corrected chi connectivity index (χ3v) is 3.08. The molecule has 9 heteroatoms. The second-order valence-corrected chi connectivity index (χ2v) is 4.73. The van der Waals surface area contributed by atoms with Gasteiger partial charge in [-0.15, -0.1) is 0 Å².